The van der Waals surface area contributed by atoms with Crippen molar-refractivity contribution in [2.45, 2.75) is 52.9 Å². The number of fused-ring (bicyclic) bond motifs is 1. The number of aryl methyl sites for hydroxylation is 2. The van der Waals surface area contributed by atoms with Crippen molar-refractivity contribution in [1.82, 2.24) is 4.98 Å². The van der Waals surface area contributed by atoms with Crippen LogP contribution in [0.1, 0.15) is 55.1 Å². The quantitative estimate of drug-likeness (QED) is 0.759. The molecule has 0 bridgehead atoms. The monoisotopic (exact) mass is 320 g/mol. The van der Waals surface area contributed by atoms with Crippen LogP contribution in [0.2, 0.25) is 0 Å². The molecule has 0 fully saturated rings. The third kappa shape index (κ3) is 2.98. The molecule has 0 spiro atoms. The summed E-state index contributed by atoms with van der Waals surface area (Å²) in [5.41, 5.74) is 9.07. The highest BCUT2D eigenvalue weighted by atomic mass is 15.2. The van der Waals surface area contributed by atoms with Crippen LogP contribution < -0.4 is 4.90 Å². The van der Waals surface area contributed by atoms with Crippen molar-refractivity contribution >= 4 is 5.69 Å². The lowest BCUT2D eigenvalue weighted by Gasteiger charge is -2.23. The van der Waals surface area contributed by atoms with E-state index < -0.39 is 0 Å². The van der Waals surface area contributed by atoms with Crippen LogP contribution in [0.4, 0.5) is 5.69 Å². The number of benzene rings is 1. The first kappa shape index (κ1) is 16.8. The predicted octanol–water partition coefficient (Wildman–Crippen LogP) is 5.31. The molecule has 0 radical (unpaired) electrons. The molecule has 0 unspecified atom stereocenters. The fourth-order valence-electron chi connectivity index (χ4n) is 3.61. The summed E-state index contributed by atoms with van der Waals surface area (Å²) in [5.74, 6) is 0. The minimum atomic E-state index is 0.124. The molecule has 1 aliphatic rings. The van der Waals surface area contributed by atoms with E-state index in [2.05, 4.69) is 76.6 Å². The van der Waals surface area contributed by atoms with Gasteiger partial charge in [-0.15, -0.1) is 0 Å². The topological polar surface area (TPSA) is 16.1 Å². The van der Waals surface area contributed by atoms with E-state index in [0.29, 0.717) is 0 Å². The van der Waals surface area contributed by atoms with Gasteiger partial charge in [0.25, 0.3) is 0 Å². The first-order valence-electron chi connectivity index (χ1n) is 8.82. The molecule has 1 aromatic heterocycles. The number of pyridine rings is 1. The Kier molecular flexibility index (Phi) is 4.25. The van der Waals surface area contributed by atoms with Gasteiger partial charge in [0.2, 0.25) is 0 Å². The van der Waals surface area contributed by atoms with E-state index in [1.807, 2.05) is 0 Å². The van der Waals surface area contributed by atoms with Gasteiger partial charge in [-0.3, -0.25) is 4.98 Å². The van der Waals surface area contributed by atoms with Crippen molar-refractivity contribution < 1.29 is 0 Å². The summed E-state index contributed by atoms with van der Waals surface area (Å²) in [6, 6.07) is 8.93. The summed E-state index contributed by atoms with van der Waals surface area (Å²) in [6.07, 6.45) is 3.94. The molecule has 3 rings (SSSR count). The molecule has 0 saturated carbocycles. The minimum absolute atomic E-state index is 0.124. The van der Waals surface area contributed by atoms with E-state index in [0.717, 1.165) is 25.1 Å². The molecule has 1 aliphatic heterocycles. The first-order valence-corrected chi connectivity index (χ1v) is 8.82. The minimum Gasteiger partial charge on any atom is -0.345 e. The van der Waals surface area contributed by atoms with E-state index in [-0.39, 0.29) is 5.41 Å². The van der Waals surface area contributed by atoms with Crippen molar-refractivity contribution in [2.75, 3.05) is 11.4 Å². The van der Waals surface area contributed by atoms with E-state index in [4.69, 9.17) is 4.98 Å². The lowest BCUT2D eigenvalue weighted by molar-refractivity contribution is 0.560. The summed E-state index contributed by atoms with van der Waals surface area (Å²) >= 11 is 0. The molecule has 24 heavy (non-hydrogen) atoms. The maximum Gasteiger partial charge on any atom is 0.0480 e. The van der Waals surface area contributed by atoms with Gasteiger partial charge in [-0.25, -0.2) is 0 Å². The Hall–Kier alpha value is -2.09. The summed E-state index contributed by atoms with van der Waals surface area (Å²) in [7, 11) is 0. The summed E-state index contributed by atoms with van der Waals surface area (Å²) in [4.78, 5) is 7.15. The molecule has 126 valence electrons. The number of anilines is 1. The van der Waals surface area contributed by atoms with Gasteiger partial charge in [0.05, 0.1) is 0 Å². The number of nitrogens with zero attached hydrogens (tertiary/aromatic N) is 2. The largest absolute Gasteiger partial charge is 0.345 e. The molecule has 2 heterocycles. The van der Waals surface area contributed by atoms with Crippen molar-refractivity contribution in [1.29, 1.82) is 0 Å². The Morgan fingerprint density at radius 2 is 2.00 bits per heavy atom. The molecule has 0 amide bonds. The highest BCUT2D eigenvalue weighted by Crippen LogP contribution is 2.42. The Morgan fingerprint density at radius 1 is 1.25 bits per heavy atom. The predicted molar refractivity (Wildman–Crippen MR) is 103 cm³/mol. The Labute approximate surface area is 146 Å². The number of aromatic nitrogens is 1. The smallest absolute Gasteiger partial charge is 0.0480 e. The van der Waals surface area contributed by atoms with E-state index in [1.165, 1.54) is 33.6 Å². The molecule has 0 saturated heterocycles. The number of allylic oxidation sites excluding steroid dienone is 1. The van der Waals surface area contributed by atoms with E-state index in [1.54, 1.807) is 0 Å². The number of hydrogen-bond acceptors (Lipinski definition) is 2. The molecule has 2 nitrogen and oxygen atoms in total. The van der Waals surface area contributed by atoms with Crippen LogP contribution in [0, 0.1) is 13.8 Å². The highest BCUT2D eigenvalue weighted by Gasteiger charge is 2.36. The van der Waals surface area contributed by atoms with E-state index in [9.17, 15) is 0 Å². The van der Waals surface area contributed by atoms with Crippen LogP contribution in [0.3, 0.4) is 0 Å². The van der Waals surface area contributed by atoms with Gasteiger partial charge >= 0.3 is 0 Å². The lowest BCUT2D eigenvalue weighted by Crippen LogP contribution is -2.27. The second kappa shape index (κ2) is 6.08. The van der Waals surface area contributed by atoms with Crippen molar-refractivity contribution in [2.24, 2.45) is 0 Å². The number of rotatable bonds is 4. The van der Waals surface area contributed by atoms with Crippen LogP contribution in [0.15, 0.2) is 42.7 Å². The molecular formula is C22H28N2. The van der Waals surface area contributed by atoms with Gasteiger partial charge in [-0.1, -0.05) is 51.1 Å². The maximum absolute atomic E-state index is 4.77. The zero-order valence-electron chi connectivity index (χ0n) is 15.6. The third-order valence-corrected chi connectivity index (χ3v) is 5.17. The summed E-state index contributed by atoms with van der Waals surface area (Å²) < 4.78 is 0. The average Bonchev–Trinajstić information content (AvgIpc) is 2.80. The molecule has 0 atom stereocenters. The number of hydrogen-bond donors (Lipinski definition) is 0. The van der Waals surface area contributed by atoms with Gasteiger partial charge in [0.15, 0.2) is 0 Å². The Bertz CT molecular complexity index is 787. The summed E-state index contributed by atoms with van der Waals surface area (Å²) in [6.45, 7) is 16.3. The zero-order chi connectivity index (χ0) is 17.5. The van der Waals surface area contributed by atoms with Gasteiger partial charge in [0.1, 0.15) is 0 Å². The van der Waals surface area contributed by atoms with Gasteiger partial charge in [-0.05, 0) is 37.5 Å². The lowest BCUT2D eigenvalue weighted by atomic mass is 9.88. The molecular weight excluding hydrogens is 292 g/mol. The second-order valence-corrected chi connectivity index (χ2v) is 7.69. The van der Waals surface area contributed by atoms with Gasteiger partial charge in [-0.2, -0.15) is 0 Å². The molecule has 2 heteroatoms. The Balaban J connectivity index is 1.97. The normalized spacial score (nSPS) is 15.5. The SMILES string of the molecule is C=C(CC)N1CC(C)(C)c2cnc(Cc3ccc(C)cc3C)cc21. The third-order valence-electron chi connectivity index (χ3n) is 5.17. The fraction of sp³-hybridized carbons (Fsp3) is 0.409. The Morgan fingerprint density at radius 3 is 2.67 bits per heavy atom. The maximum atomic E-state index is 4.77. The molecule has 0 aliphatic carbocycles. The standard InChI is InChI=1S/C22H28N2/c1-7-17(4)24-14-22(5,6)20-13-23-19(12-21(20)24)11-18-9-8-15(2)10-16(18)3/h8-10,12-13H,4,7,11,14H2,1-3,5-6H3. The van der Waals surface area contributed by atoms with Gasteiger partial charge < -0.3 is 4.90 Å². The van der Waals surface area contributed by atoms with Crippen molar-refractivity contribution in [3.8, 4) is 0 Å². The van der Waals surface area contributed by atoms with Crippen LogP contribution >= 0.6 is 0 Å². The van der Waals surface area contributed by atoms with Crippen molar-refractivity contribution in [3.63, 3.8) is 0 Å². The highest BCUT2D eigenvalue weighted by molar-refractivity contribution is 5.65. The van der Waals surface area contributed by atoms with Gasteiger partial charge in [0, 0.05) is 47.2 Å². The van der Waals surface area contributed by atoms with Crippen LogP contribution in [0.5, 0.6) is 0 Å². The molecule has 2 aromatic rings. The fourth-order valence-corrected chi connectivity index (χ4v) is 3.61. The molecule has 1 aromatic carbocycles. The van der Waals surface area contributed by atoms with Crippen LogP contribution in [-0.4, -0.2) is 11.5 Å². The zero-order valence-corrected chi connectivity index (χ0v) is 15.6. The van der Waals surface area contributed by atoms with Crippen LogP contribution in [-0.2, 0) is 11.8 Å². The average molecular weight is 320 g/mol. The van der Waals surface area contributed by atoms with E-state index >= 15 is 0 Å². The first-order chi connectivity index (χ1) is 11.3. The van der Waals surface area contributed by atoms with Crippen molar-refractivity contribution in [3.05, 3.63) is 70.7 Å². The summed E-state index contributed by atoms with van der Waals surface area (Å²) in [5, 5.41) is 0. The molecule has 0 N–H and O–H groups in total. The van der Waals surface area contributed by atoms with Crippen LogP contribution in [0.25, 0.3) is 0 Å². The second-order valence-electron chi connectivity index (χ2n) is 7.69.